The highest BCUT2D eigenvalue weighted by Gasteiger charge is 2.15. The van der Waals surface area contributed by atoms with Crippen molar-refractivity contribution in [3.05, 3.63) is 54.0 Å². The summed E-state index contributed by atoms with van der Waals surface area (Å²) >= 11 is 0. The van der Waals surface area contributed by atoms with Crippen molar-refractivity contribution in [3.63, 3.8) is 0 Å². The van der Waals surface area contributed by atoms with Crippen LogP contribution in [0.5, 0.6) is 0 Å². The first kappa shape index (κ1) is 11.7. The van der Waals surface area contributed by atoms with Crippen LogP contribution in [-0.2, 0) is 0 Å². The van der Waals surface area contributed by atoms with Gasteiger partial charge in [-0.15, -0.1) is 0 Å². The summed E-state index contributed by atoms with van der Waals surface area (Å²) in [5.74, 6) is -1.42. The molecule has 0 fully saturated rings. The zero-order chi connectivity index (χ0) is 13.0. The Bertz CT molecular complexity index is 584. The zero-order valence-electron chi connectivity index (χ0n) is 9.20. The number of nitrogens with one attached hydrogen (secondary N) is 1. The number of rotatable bonds is 3. The van der Waals surface area contributed by atoms with E-state index in [1.165, 1.54) is 30.7 Å². The van der Waals surface area contributed by atoms with E-state index in [-0.39, 0.29) is 16.9 Å². The molecule has 1 heterocycles. The standard InChI is InChI=1S/C12H9N3O3/c16-11(15-10-7-13-5-6-14-10)8-3-1-2-4-9(8)12(17)18/h1-7H,(H,17,18)(H,14,15,16). The summed E-state index contributed by atoms with van der Waals surface area (Å²) in [5.41, 5.74) is 0.0227. The molecule has 0 unspecified atom stereocenters. The first-order valence-electron chi connectivity index (χ1n) is 5.08. The Morgan fingerprint density at radius 3 is 2.44 bits per heavy atom. The highest BCUT2D eigenvalue weighted by Crippen LogP contribution is 2.11. The van der Waals surface area contributed by atoms with Crippen LogP contribution in [-0.4, -0.2) is 27.0 Å². The molecule has 2 N–H and O–H groups in total. The molecular weight excluding hydrogens is 234 g/mol. The third-order valence-electron chi connectivity index (χ3n) is 2.21. The quantitative estimate of drug-likeness (QED) is 0.850. The number of carbonyl (C=O) groups excluding carboxylic acids is 1. The van der Waals surface area contributed by atoms with Gasteiger partial charge in [-0.1, -0.05) is 12.1 Å². The average molecular weight is 243 g/mol. The molecule has 90 valence electrons. The highest BCUT2D eigenvalue weighted by atomic mass is 16.4. The molecule has 6 heteroatoms. The van der Waals surface area contributed by atoms with E-state index < -0.39 is 11.9 Å². The number of nitrogens with zero attached hydrogens (tertiary/aromatic N) is 2. The minimum absolute atomic E-state index is 0.0566. The summed E-state index contributed by atoms with van der Waals surface area (Å²) in [7, 11) is 0. The second-order valence-electron chi connectivity index (χ2n) is 3.40. The lowest BCUT2D eigenvalue weighted by atomic mass is 10.1. The number of hydrogen-bond acceptors (Lipinski definition) is 4. The van der Waals surface area contributed by atoms with E-state index in [1.807, 2.05) is 0 Å². The van der Waals surface area contributed by atoms with Crippen LogP contribution in [0.2, 0.25) is 0 Å². The van der Waals surface area contributed by atoms with E-state index in [9.17, 15) is 9.59 Å². The number of carboxylic acids is 1. The van der Waals surface area contributed by atoms with Gasteiger partial charge in [-0.3, -0.25) is 9.78 Å². The molecular formula is C12H9N3O3. The molecule has 0 saturated heterocycles. The van der Waals surface area contributed by atoms with Crippen molar-refractivity contribution in [2.75, 3.05) is 5.32 Å². The van der Waals surface area contributed by atoms with Crippen molar-refractivity contribution in [1.29, 1.82) is 0 Å². The van der Waals surface area contributed by atoms with Gasteiger partial charge in [-0.25, -0.2) is 9.78 Å². The molecule has 2 aromatic rings. The SMILES string of the molecule is O=C(O)c1ccccc1C(=O)Nc1cnccn1. The van der Waals surface area contributed by atoms with Crippen LogP contribution in [0, 0.1) is 0 Å². The van der Waals surface area contributed by atoms with Crippen molar-refractivity contribution in [2.24, 2.45) is 0 Å². The molecule has 2 rings (SSSR count). The second kappa shape index (κ2) is 5.05. The lowest BCUT2D eigenvalue weighted by Crippen LogP contribution is -2.17. The molecule has 0 atom stereocenters. The molecule has 0 aliphatic rings. The summed E-state index contributed by atoms with van der Waals surface area (Å²) in [6.07, 6.45) is 4.28. The van der Waals surface area contributed by atoms with Crippen molar-refractivity contribution in [3.8, 4) is 0 Å². The largest absolute Gasteiger partial charge is 0.478 e. The van der Waals surface area contributed by atoms with Gasteiger partial charge in [0.25, 0.3) is 5.91 Å². The zero-order valence-corrected chi connectivity index (χ0v) is 9.20. The maximum atomic E-state index is 11.9. The third-order valence-corrected chi connectivity index (χ3v) is 2.21. The Morgan fingerprint density at radius 2 is 1.83 bits per heavy atom. The van der Waals surface area contributed by atoms with Crippen molar-refractivity contribution >= 4 is 17.7 Å². The number of carbonyl (C=O) groups is 2. The lowest BCUT2D eigenvalue weighted by molar-refractivity contribution is 0.0692. The molecule has 0 aliphatic carbocycles. The van der Waals surface area contributed by atoms with E-state index in [2.05, 4.69) is 15.3 Å². The van der Waals surface area contributed by atoms with Gasteiger partial charge < -0.3 is 10.4 Å². The second-order valence-corrected chi connectivity index (χ2v) is 3.40. The molecule has 0 saturated carbocycles. The maximum absolute atomic E-state index is 11.9. The summed E-state index contributed by atoms with van der Waals surface area (Å²) in [6, 6.07) is 5.96. The van der Waals surface area contributed by atoms with E-state index in [1.54, 1.807) is 12.1 Å². The Morgan fingerprint density at radius 1 is 1.11 bits per heavy atom. The monoisotopic (exact) mass is 243 g/mol. The average Bonchev–Trinajstić information content (AvgIpc) is 2.40. The number of hydrogen-bond donors (Lipinski definition) is 2. The van der Waals surface area contributed by atoms with Gasteiger partial charge in [0.15, 0.2) is 5.82 Å². The fraction of sp³-hybridized carbons (Fsp3) is 0. The van der Waals surface area contributed by atoms with E-state index in [0.717, 1.165) is 0 Å². The Balaban J connectivity index is 2.27. The highest BCUT2D eigenvalue weighted by molar-refractivity contribution is 6.10. The van der Waals surface area contributed by atoms with E-state index in [0.29, 0.717) is 0 Å². The first-order valence-corrected chi connectivity index (χ1v) is 5.08. The van der Waals surface area contributed by atoms with Crippen LogP contribution in [0.1, 0.15) is 20.7 Å². The van der Waals surface area contributed by atoms with Gasteiger partial charge in [-0.2, -0.15) is 0 Å². The van der Waals surface area contributed by atoms with Crippen LogP contribution >= 0.6 is 0 Å². The van der Waals surface area contributed by atoms with Crippen LogP contribution in [0.3, 0.4) is 0 Å². The van der Waals surface area contributed by atoms with E-state index >= 15 is 0 Å². The molecule has 0 spiro atoms. The van der Waals surface area contributed by atoms with Crippen LogP contribution in [0.15, 0.2) is 42.9 Å². The fourth-order valence-electron chi connectivity index (χ4n) is 1.41. The van der Waals surface area contributed by atoms with Crippen molar-refractivity contribution < 1.29 is 14.7 Å². The number of carboxylic acid groups (broad SMARTS) is 1. The normalized spacial score (nSPS) is 9.78. The summed E-state index contributed by atoms with van der Waals surface area (Å²) < 4.78 is 0. The van der Waals surface area contributed by atoms with Crippen LogP contribution < -0.4 is 5.32 Å². The summed E-state index contributed by atoms with van der Waals surface area (Å²) in [4.78, 5) is 30.5. The summed E-state index contributed by atoms with van der Waals surface area (Å²) in [5, 5.41) is 11.5. The van der Waals surface area contributed by atoms with Gasteiger partial charge in [0.05, 0.1) is 17.3 Å². The van der Waals surface area contributed by atoms with Gasteiger partial charge in [0.1, 0.15) is 0 Å². The Hall–Kier alpha value is -2.76. The third kappa shape index (κ3) is 2.49. The molecule has 1 amide bonds. The Kier molecular flexibility index (Phi) is 3.29. The predicted octanol–water partition coefficient (Wildman–Crippen LogP) is 1.43. The smallest absolute Gasteiger partial charge is 0.336 e. The molecule has 18 heavy (non-hydrogen) atoms. The van der Waals surface area contributed by atoms with Crippen LogP contribution in [0.25, 0.3) is 0 Å². The van der Waals surface area contributed by atoms with Crippen molar-refractivity contribution in [1.82, 2.24) is 9.97 Å². The molecule has 6 nitrogen and oxygen atoms in total. The first-order chi connectivity index (χ1) is 8.68. The number of benzene rings is 1. The lowest BCUT2D eigenvalue weighted by Gasteiger charge is -2.06. The van der Waals surface area contributed by atoms with E-state index in [4.69, 9.17) is 5.11 Å². The predicted molar refractivity (Wildman–Crippen MR) is 63.4 cm³/mol. The van der Waals surface area contributed by atoms with Gasteiger partial charge in [0, 0.05) is 12.4 Å². The van der Waals surface area contributed by atoms with Crippen molar-refractivity contribution in [2.45, 2.75) is 0 Å². The summed E-state index contributed by atoms with van der Waals surface area (Å²) in [6.45, 7) is 0. The van der Waals surface area contributed by atoms with Crippen LogP contribution in [0.4, 0.5) is 5.82 Å². The fourth-order valence-corrected chi connectivity index (χ4v) is 1.41. The molecule has 1 aromatic heterocycles. The number of amides is 1. The minimum atomic E-state index is -1.15. The molecule has 0 bridgehead atoms. The molecule has 0 radical (unpaired) electrons. The number of anilines is 1. The van der Waals surface area contributed by atoms with Gasteiger partial charge in [-0.05, 0) is 12.1 Å². The molecule has 0 aliphatic heterocycles. The topological polar surface area (TPSA) is 92.2 Å². The molecule has 1 aromatic carbocycles. The number of aromatic carboxylic acids is 1. The minimum Gasteiger partial charge on any atom is -0.478 e. The number of aromatic nitrogens is 2. The maximum Gasteiger partial charge on any atom is 0.336 e. The Labute approximate surface area is 102 Å². The van der Waals surface area contributed by atoms with Gasteiger partial charge >= 0.3 is 5.97 Å². The van der Waals surface area contributed by atoms with Gasteiger partial charge in [0.2, 0.25) is 0 Å².